The number of fused-ring (bicyclic) bond motifs is 3. The van der Waals surface area contributed by atoms with Crippen LogP contribution < -0.4 is 9.47 Å². The minimum Gasteiger partial charge on any atom is -0.454 e. The van der Waals surface area contributed by atoms with Gasteiger partial charge in [-0.25, -0.2) is 14.2 Å². The molecule has 2 aliphatic rings. The number of allylic oxidation sites excluding steroid dienone is 1. The Kier molecular flexibility index (Phi) is 5.88. The Balaban J connectivity index is 1.36. The van der Waals surface area contributed by atoms with Crippen LogP contribution in [0.1, 0.15) is 50.4 Å². The Morgan fingerprint density at radius 1 is 0.973 bits per heavy atom. The summed E-state index contributed by atoms with van der Waals surface area (Å²) >= 11 is 0. The molecule has 0 amide bonds. The molecule has 0 fully saturated rings. The molecule has 37 heavy (non-hydrogen) atoms. The Morgan fingerprint density at radius 3 is 2.65 bits per heavy atom. The molecule has 0 atom stereocenters. The van der Waals surface area contributed by atoms with E-state index in [9.17, 15) is 14.0 Å². The first kappa shape index (κ1) is 22.9. The molecular formula is C30H22FNO5. The number of benzene rings is 3. The van der Waals surface area contributed by atoms with Gasteiger partial charge in [0.15, 0.2) is 23.9 Å². The lowest BCUT2D eigenvalue weighted by molar-refractivity contribution is 0.0475. The number of rotatable bonds is 5. The standard InChI is InChI=1S/C30H22FNO5/c31-21-11-9-19(10-12-21)25(33)16-35-30(34)28-22-5-1-2-7-24(22)32-29-20(4-3-6-23(28)29)14-18-8-13-26-27(15-18)37-17-36-26/h1-2,5,7-15H,3-4,6,16-17H2. The van der Waals surface area contributed by atoms with Crippen molar-refractivity contribution in [1.29, 1.82) is 0 Å². The number of carbonyl (C=O) groups excluding carboxylic acids is 2. The Hall–Kier alpha value is -4.52. The van der Waals surface area contributed by atoms with Gasteiger partial charge >= 0.3 is 5.97 Å². The molecule has 3 aromatic carbocycles. The van der Waals surface area contributed by atoms with Crippen molar-refractivity contribution >= 4 is 34.3 Å². The lowest BCUT2D eigenvalue weighted by atomic mass is 9.86. The second kappa shape index (κ2) is 9.50. The van der Waals surface area contributed by atoms with Gasteiger partial charge in [-0.05, 0) is 84.5 Å². The highest BCUT2D eigenvalue weighted by atomic mass is 19.1. The summed E-state index contributed by atoms with van der Waals surface area (Å²) in [4.78, 5) is 30.9. The molecule has 0 radical (unpaired) electrons. The van der Waals surface area contributed by atoms with Crippen molar-refractivity contribution in [2.45, 2.75) is 19.3 Å². The molecule has 0 spiro atoms. The van der Waals surface area contributed by atoms with Crippen LogP contribution in [0.2, 0.25) is 0 Å². The highest BCUT2D eigenvalue weighted by Crippen LogP contribution is 2.38. The van der Waals surface area contributed by atoms with E-state index < -0.39 is 24.2 Å². The smallest absolute Gasteiger partial charge is 0.339 e. The molecule has 184 valence electrons. The average Bonchev–Trinajstić information content (AvgIpc) is 3.39. The fourth-order valence-electron chi connectivity index (χ4n) is 4.83. The lowest BCUT2D eigenvalue weighted by Gasteiger charge is -2.22. The van der Waals surface area contributed by atoms with Gasteiger partial charge in [-0.15, -0.1) is 0 Å². The van der Waals surface area contributed by atoms with Crippen LogP contribution >= 0.6 is 0 Å². The number of halogens is 1. The van der Waals surface area contributed by atoms with E-state index in [2.05, 4.69) is 6.08 Å². The van der Waals surface area contributed by atoms with Crippen molar-refractivity contribution in [2.24, 2.45) is 0 Å². The fourth-order valence-corrected chi connectivity index (χ4v) is 4.83. The third kappa shape index (κ3) is 4.44. The summed E-state index contributed by atoms with van der Waals surface area (Å²) in [5.74, 6) is 0.00844. The minimum absolute atomic E-state index is 0.209. The predicted octanol–water partition coefficient (Wildman–Crippen LogP) is 6.02. The van der Waals surface area contributed by atoms with E-state index in [1.165, 1.54) is 24.3 Å². The molecule has 1 aliphatic heterocycles. The van der Waals surface area contributed by atoms with E-state index in [-0.39, 0.29) is 12.4 Å². The number of para-hydroxylation sites is 1. The van der Waals surface area contributed by atoms with Gasteiger partial charge in [0.2, 0.25) is 6.79 Å². The molecule has 6 rings (SSSR count). The third-order valence-corrected chi connectivity index (χ3v) is 6.61. The van der Waals surface area contributed by atoms with Crippen LogP contribution in [-0.2, 0) is 11.2 Å². The van der Waals surface area contributed by atoms with Gasteiger partial charge in [-0.3, -0.25) is 4.79 Å². The number of pyridine rings is 1. The predicted molar refractivity (Wildman–Crippen MR) is 136 cm³/mol. The molecular weight excluding hydrogens is 473 g/mol. The quantitative estimate of drug-likeness (QED) is 0.249. The average molecular weight is 496 g/mol. The number of nitrogens with zero attached hydrogens (tertiary/aromatic N) is 1. The number of hydrogen-bond acceptors (Lipinski definition) is 6. The van der Waals surface area contributed by atoms with Crippen molar-refractivity contribution in [2.75, 3.05) is 13.4 Å². The molecule has 6 nitrogen and oxygen atoms in total. The van der Waals surface area contributed by atoms with Crippen molar-refractivity contribution in [1.82, 2.24) is 4.98 Å². The van der Waals surface area contributed by atoms with E-state index in [0.717, 1.165) is 41.0 Å². The third-order valence-electron chi connectivity index (χ3n) is 6.61. The van der Waals surface area contributed by atoms with E-state index in [1.807, 2.05) is 42.5 Å². The zero-order valence-corrected chi connectivity index (χ0v) is 19.8. The van der Waals surface area contributed by atoms with Gasteiger partial charge in [-0.2, -0.15) is 0 Å². The van der Waals surface area contributed by atoms with Crippen LogP contribution in [0.3, 0.4) is 0 Å². The minimum atomic E-state index is -0.574. The topological polar surface area (TPSA) is 74.7 Å². The van der Waals surface area contributed by atoms with Crippen LogP contribution in [0.15, 0.2) is 66.7 Å². The summed E-state index contributed by atoms with van der Waals surface area (Å²) < 4.78 is 29.6. The maximum Gasteiger partial charge on any atom is 0.339 e. The van der Waals surface area contributed by atoms with Gasteiger partial charge < -0.3 is 14.2 Å². The number of ketones is 1. The number of hydrogen-bond donors (Lipinski definition) is 0. The van der Waals surface area contributed by atoms with Crippen LogP contribution in [0.25, 0.3) is 22.6 Å². The molecule has 0 N–H and O–H groups in total. The normalized spacial score (nSPS) is 15.0. The van der Waals surface area contributed by atoms with E-state index in [0.29, 0.717) is 28.6 Å². The van der Waals surface area contributed by atoms with Crippen LogP contribution in [0.5, 0.6) is 11.5 Å². The zero-order valence-electron chi connectivity index (χ0n) is 19.8. The van der Waals surface area contributed by atoms with Crippen molar-refractivity contribution in [3.05, 3.63) is 100 Å². The van der Waals surface area contributed by atoms with Gasteiger partial charge in [-0.1, -0.05) is 24.3 Å². The summed E-state index contributed by atoms with van der Waals surface area (Å²) in [5, 5.41) is 0.685. The van der Waals surface area contributed by atoms with Crippen LogP contribution in [-0.4, -0.2) is 30.1 Å². The van der Waals surface area contributed by atoms with Gasteiger partial charge in [0.05, 0.1) is 16.8 Å². The molecule has 1 aliphatic carbocycles. The fraction of sp³-hybridized carbons (Fsp3) is 0.167. The number of aromatic nitrogens is 1. The Morgan fingerprint density at radius 2 is 1.78 bits per heavy atom. The van der Waals surface area contributed by atoms with E-state index >= 15 is 0 Å². The summed E-state index contributed by atoms with van der Waals surface area (Å²) in [6, 6.07) is 18.4. The molecule has 0 saturated heterocycles. The monoisotopic (exact) mass is 495 g/mol. The summed E-state index contributed by atoms with van der Waals surface area (Å²) in [6.07, 6.45) is 4.39. The van der Waals surface area contributed by atoms with E-state index in [1.54, 1.807) is 0 Å². The maximum atomic E-state index is 13.4. The van der Waals surface area contributed by atoms with Crippen molar-refractivity contribution in [3.63, 3.8) is 0 Å². The number of carbonyl (C=O) groups is 2. The molecule has 0 saturated carbocycles. The highest BCUT2D eigenvalue weighted by Gasteiger charge is 2.26. The largest absolute Gasteiger partial charge is 0.454 e. The summed E-state index contributed by atoms with van der Waals surface area (Å²) in [6.45, 7) is -0.226. The first-order valence-electron chi connectivity index (χ1n) is 12.0. The van der Waals surface area contributed by atoms with Crippen molar-refractivity contribution in [3.8, 4) is 11.5 Å². The second-order valence-electron chi connectivity index (χ2n) is 8.97. The van der Waals surface area contributed by atoms with Gasteiger partial charge in [0.25, 0.3) is 0 Å². The highest BCUT2D eigenvalue weighted by molar-refractivity contribution is 6.08. The number of esters is 1. The molecule has 0 bridgehead atoms. The maximum absolute atomic E-state index is 13.4. The SMILES string of the molecule is O=C(COC(=O)c1c2c(nc3ccccc13)C(=Cc1ccc3c(c1)OCO3)CCC2)c1ccc(F)cc1. The molecule has 0 unspecified atom stereocenters. The first-order chi connectivity index (χ1) is 18.1. The Labute approximate surface area is 212 Å². The number of Topliss-reactive ketones (excluding diaryl/α,β-unsaturated/α-hetero) is 1. The molecule has 1 aromatic heterocycles. The van der Waals surface area contributed by atoms with E-state index in [4.69, 9.17) is 19.2 Å². The lowest BCUT2D eigenvalue weighted by Crippen LogP contribution is -2.18. The summed E-state index contributed by atoms with van der Waals surface area (Å²) in [5.41, 5.74) is 4.94. The Bertz CT molecular complexity index is 1580. The number of ether oxygens (including phenoxy) is 3. The van der Waals surface area contributed by atoms with Crippen molar-refractivity contribution < 1.29 is 28.2 Å². The zero-order chi connectivity index (χ0) is 25.4. The molecule has 4 aromatic rings. The first-order valence-corrected chi connectivity index (χ1v) is 12.0. The van der Waals surface area contributed by atoms with Gasteiger partial charge in [0, 0.05) is 10.9 Å². The van der Waals surface area contributed by atoms with Crippen LogP contribution in [0.4, 0.5) is 4.39 Å². The molecule has 2 heterocycles. The van der Waals surface area contributed by atoms with Gasteiger partial charge in [0.1, 0.15) is 5.82 Å². The summed E-state index contributed by atoms with van der Waals surface area (Å²) in [7, 11) is 0. The molecule has 7 heteroatoms. The van der Waals surface area contributed by atoms with Crippen LogP contribution in [0, 0.1) is 5.82 Å². The second-order valence-corrected chi connectivity index (χ2v) is 8.97.